The van der Waals surface area contributed by atoms with Gasteiger partial charge in [-0.05, 0) is 81.3 Å². The molecule has 0 fully saturated rings. The number of aromatic nitrogens is 1. The van der Waals surface area contributed by atoms with Crippen LogP contribution in [-0.2, 0) is 0 Å². The summed E-state index contributed by atoms with van der Waals surface area (Å²) in [4.78, 5) is 6.56. The predicted octanol–water partition coefficient (Wildman–Crippen LogP) is 10.5. The van der Waals surface area contributed by atoms with E-state index < -0.39 is 0 Å². The highest BCUT2D eigenvalue weighted by Gasteiger charge is 2.18. The van der Waals surface area contributed by atoms with Crippen LogP contribution in [0.4, 0.5) is 0 Å². The molecule has 0 aliphatic rings. The number of hydrogen-bond acceptors (Lipinski definition) is 7. The summed E-state index contributed by atoms with van der Waals surface area (Å²) in [6.07, 6.45) is 6.98. The van der Waals surface area contributed by atoms with Crippen molar-refractivity contribution in [3.05, 3.63) is 124 Å². The molecule has 6 nitrogen and oxygen atoms in total. The lowest BCUT2D eigenvalue weighted by Crippen LogP contribution is -2.18. The fourth-order valence-corrected chi connectivity index (χ4v) is 6.11. The van der Waals surface area contributed by atoms with Crippen LogP contribution in [0.25, 0.3) is 21.5 Å². The van der Waals surface area contributed by atoms with Gasteiger partial charge < -0.3 is 24.1 Å². The van der Waals surface area contributed by atoms with E-state index in [2.05, 4.69) is 72.6 Å². The highest BCUT2D eigenvalue weighted by Crippen LogP contribution is 2.35. The molecular weight excluding hydrogens is 717 g/mol. The highest BCUT2D eigenvalue weighted by atomic mass is 79.9. The molecule has 0 saturated carbocycles. The normalized spacial score (nSPS) is 12.0. The zero-order valence-electron chi connectivity index (χ0n) is 27.0. The van der Waals surface area contributed by atoms with Crippen LogP contribution >= 0.6 is 52.3 Å². The van der Waals surface area contributed by atoms with Crippen molar-refractivity contribution in [1.29, 1.82) is 0 Å². The first-order valence-corrected chi connectivity index (χ1v) is 16.4. The van der Waals surface area contributed by atoms with Gasteiger partial charge in [-0.25, -0.2) is 4.98 Å². The quantitative estimate of drug-likeness (QED) is 0.134. The number of thiazole rings is 1. The first-order valence-electron chi connectivity index (χ1n) is 15.1. The van der Waals surface area contributed by atoms with Gasteiger partial charge in [0, 0.05) is 52.3 Å². The van der Waals surface area contributed by atoms with Crippen LogP contribution in [0.1, 0.15) is 41.2 Å². The number of nitrogens with zero attached hydrogens (tertiary/aromatic N) is 2. The molecule has 2 unspecified atom stereocenters. The average Bonchev–Trinajstić information content (AvgIpc) is 3.79. The van der Waals surface area contributed by atoms with Crippen molar-refractivity contribution in [2.24, 2.45) is 0 Å². The Balaban J connectivity index is 0.000000245. The second-order valence-electron chi connectivity index (χ2n) is 11.2. The minimum atomic E-state index is -0.0549. The van der Waals surface area contributed by atoms with E-state index >= 15 is 0 Å². The molecule has 0 aliphatic heterocycles. The first kappa shape index (κ1) is 38.3. The number of hydrogen-bond donors (Lipinski definition) is 1. The Morgan fingerprint density at radius 2 is 1.72 bits per heavy atom. The second kappa shape index (κ2) is 19.0. The fourth-order valence-electron chi connectivity index (χ4n) is 5.18. The molecule has 4 aromatic carbocycles. The molecule has 2 atom stereocenters. The topological polar surface area (TPSA) is 59.8 Å². The van der Waals surface area contributed by atoms with Gasteiger partial charge in [0.2, 0.25) is 0 Å². The molecule has 47 heavy (non-hydrogen) atoms. The summed E-state index contributed by atoms with van der Waals surface area (Å²) in [6, 6.07) is 26.5. The Hall–Kier alpha value is -3.11. The molecule has 6 aromatic rings. The molecule has 6 rings (SSSR count). The minimum absolute atomic E-state index is 0. The Kier molecular flexibility index (Phi) is 15.5. The lowest BCUT2D eigenvalue weighted by atomic mass is 10.1. The standard InChI is InChI=1S/C19H20ClNO2.C18H20N2OS.BrH.ClH/c1-21(2)11-9-18(14-10-12-22-13-14)23-19-8-7-17(20)15-5-3-4-6-16(15)19;1-13-4-3-5-14-12-15(6-7-16(13)14)21-17(8-9-19-2)18-20-10-11-22-18;;/h3-8,10,12-13,18H,9,11H2,1-2H3;3-7,10-12,17,19H,8-9H2,1-2H3;2*1H. The summed E-state index contributed by atoms with van der Waals surface area (Å²) < 4.78 is 17.8. The van der Waals surface area contributed by atoms with Crippen LogP contribution in [0.5, 0.6) is 11.5 Å². The SMILES string of the molecule is Br.CN(C)CCC(Oc1ccc(Cl)c2ccccc12)c1ccoc1.CNCCC(Oc1ccc2c(C)cccc2c1)c1nccs1.Cl. The Labute approximate surface area is 303 Å². The van der Waals surface area contributed by atoms with Crippen LogP contribution in [0.15, 0.2) is 107 Å². The molecule has 250 valence electrons. The molecule has 0 aliphatic carbocycles. The Morgan fingerprint density at radius 1 is 0.915 bits per heavy atom. The number of halogens is 3. The van der Waals surface area contributed by atoms with Crippen LogP contribution in [-0.4, -0.2) is 44.1 Å². The maximum absolute atomic E-state index is 6.33. The van der Waals surface area contributed by atoms with E-state index in [1.807, 2.05) is 61.1 Å². The zero-order valence-corrected chi connectivity index (χ0v) is 31.1. The number of aryl methyl sites for hydroxylation is 1. The summed E-state index contributed by atoms with van der Waals surface area (Å²) in [7, 11) is 6.08. The molecule has 2 aromatic heterocycles. The molecule has 1 N–H and O–H groups in total. The third-order valence-corrected chi connectivity index (χ3v) is 8.78. The third kappa shape index (κ3) is 10.4. The summed E-state index contributed by atoms with van der Waals surface area (Å²) in [5.74, 6) is 1.74. The van der Waals surface area contributed by atoms with Crippen LogP contribution in [0.3, 0.4) is 0 Å². The fraction of sp³-hybridized carbons (Fsp3) is 0.270. The maximum Gasteiger partial charge on any atom is 0.151 e. The Bertz CT molecular complexity index is 1790. The average molecular weight is 760 g/mol. The van der Waals surface area contributed by atoms with Gasteiger partial charge in [0.15, 0.2) is 6.10 Å². The number of nitrogens with one attached hydrogen (secondary N) is 1. The van der Waals surface area contributed by atoms with E-state index in [1.54, 1.807) is 23.9 Å². The van der Waals surface area contributed by atoms with E-state index in [-0.39, 0.29) is 41.6 Å². The van der Waals surface area contributed by atoms with E-state index in [1.165, 1.54) is 16.3 Å². The number of benzene rings is 4. The van der Waals surface area contributed by atoms with Gasteiger partial charge in [-0.15, -0.1) is 40.7 Å². The van der Waals surface area contributed by atoms with Crippen LogP contribution < -0.4 is 14.8 Å². The molecular formula is C37H42BrCl2N3O3S. The van der Waals surface area contributed by atoms with Crippen LogP contribution in [0.2, 0.25) is 5.02 Å². The monoisotopic (exact) mass is 757 g/mol. The van der Waals surface area contributed by atoms with Gasteiger partial charge in [-0.3, -0.25) is 0 Å². The zero-order chi connectivity index (χ0) is 31.6. The lowest BCUT2D eigenvalue weighted by molar-refractivity contribution is 0.181. The second-order valence-corrected chi connectivity index (χ2v) is 12.5. The summed E-state index contributed by atoms with van der Waals surface area (Å²) in [5.41, 5.74) is 2.33. The van der Waals surface area contributed by atoms with Crippen molar-refractivity contribution in [2.45, 2.75) is 32.0 Å². The van der Waals surface area contributed by atoms with Crippen molar-refractivity contribution in [1.82, 2.24) is 15.2 Å². The summed E-state index contributed by atoms with van der Waals surface area (Å²) in [6.45, 7) is 3.96. The van der Waals surface area contributed by atoms with Gasteiger partial charge >= 0.3 is 0 Å². The Morgan fingerprint density at radius 3 is 2.43 bits per heavy atom. The van der Waals surface area contributed by atoms with Gasteiger partial charge in [0.25, 0.3) is 0 Å². The smallest absolute Gasteiger partial charge is 0.151 e. The van der Waals surface area contributed by atoms with Gasteiger partial charge in [-0.2, -0.15) is 0 Å². The molecule has 0 radical (unpaired) electrons. The molecule has 0 saturated heterocycles. The van der Waals surface area contributed by atoms with Gasteiger partial charge in [0.1, 0.15) is 22.6 Å². The van der Waals surface area contributed by atoms with E-state index in [4.69, 9.17) is 25.5 Å². The van der Waals surface area contributed by atoms with Crippen LogP contribution in [0, 0.1) is 6.92 Å². The van der Waals surface area contributed by atoms with Crippen molar-refractivity contribution in [3.63, 3.8) is 0 Å². The predicted molar refractivity (Wildman–Crippen MR) is 204 cm³/mol. The number of fused-ring (bicyclic) bond motifs is 2. The number of ether oxygens (including phenoxy) is 2. The van der Waals surface area contributed by atoms with Crippen molar-refractivity contribution < 1.29 is 13.9 Å². The third-order valence-electron chi connectivity index (χ3n) is 7.59. The first-order chi connectivity index (χ1) is 21.9. The van der Waals surface area contributed by atoms with Crippen molar-refractivity contribution >= 4 is 73.9 Å². The van der Waals surface area contributed by atoms with Gasteiger partial charge in [-0.1, -0.05) is 60.1 Å². The van der Waals surface area contributed by atoms with E-state index in [0.717, 1.165) is 63.8 Å². The van der Waals surface area contributed by atoms with Gasteiger partial charge in [0.05, 0.1) is 12.5 Å². The van der Waals surface area contributed by atoms with Crippen molar-refractivity contribution in [3.8, 4) is 11.5 Å². The summed E-state index contributed by atoms with van der Waals surface area (Å²) >= 11 is 7.93. The molecule has 0 bridgehead atoms. The molecule has 2 heterocycles. The lowest BCUT2D eigenvalue weighted by Gasteiger charge is -2.21. The van der Waals surface area contributed by atoms with E-state index in [9.17, 15) is 0 Å². The largest absolute Gasteiger partial charge is 0.485 e. The number of rotatable bonds is 12. The highest BCUT2D eigenvalue weighted by molar-refractivity contribution is 8.93. The van der Waals surface area contributed by atoms with E-state index in [0.29, 0.717) is 0 Å². The molecule has 10 heteroatoms. The summed E-state index contributed by atoms with van der Waals surface area (Å²) in [5, 5.41) is 11.5. The minimum Gasteiger partial charge on any atom is -0.485 e. The molecule has 0 spiro atoms. The maximum atomic E-state index is 6.33. The van der Waals surface area contributed by atoms with Crippen molar-refractivity contribution in [2.75, 3.05) is 34.2 Å². The molecule has 0 amide bonds. The number of furan rings is 1.